The van der Waals surface area contributed by atoms with Crippen molar-refractivity contribution in [3.8, 4) is 0 Å². The molecule has 0 saturated carbocycles. The van der Waals surface area contributed by atoms with Crippen LogP contribution >= 0.6 is 0 Å². The maximum Gasteiger partial charge on any atom is 0.251 e. The van der Waals surface area contributed by atoms with Crippen molar-refractivity contribution >= 4 is 5.91 Å². The van der Waals surface area contributed by atoms with Crippen LogP contribution in [0.4, 0.5) is 0 Å². The molecule has 2 aliphatic heterocycles. The van der Waals surface area contributed by atoms with Crippen LogP contribution in [0.25, 0.3) is 0 Å². The molecule has 0 bridgehead atoms. The highest BCUT2D eigenvalue weighted by Gasteiger charge is 2.32. The third-order valence-electron chi connectivity index (χ3n) is 3.81. The second-order valence-electron chi connectivity index (χ2n) is 5.09. The van der Waals surface area contributed by atoms with Gasteiger partial charge in [0.05, 0.1) is 0 Å². The molecule has 98 valence electrons. The average Bonchev–Trinajstić information content (AvgIpc) is 2.40. The van der Waals surface area contributed by atoms with Crippen LogP contribution in [0.1, 0.15) is 38.5 Å². The molecular weight excluding hydrogens is 216 g/mol. The Hall–Kier alpha value is -0.610. The van der Waals surface area contributed by atoms with Crippen molar-refractivity contribution in [2.75, 3.05) is 26.7 Å². The van der Waals surface area contributed by atoms with Gasteiger partial charge in [-0.25, -0.2) is 0 Å². The number of likely N-dealkylation sites (N-methyl/N-ethyl adjacent to an activating group) is 1. The van der Waals surface area contributed by atoms with Gasteiger partial charge < -0.3 is 15.0 Å². The third kappa shape index (κ3) is 3.19. The zero-order chi connectivity index (χ0) is 12.1. The number of carbonyl (C=O) groups is 1. The molecule has 0 spiro atoms. The number of hydrogen-bond donors (Lipinski definition) is 1. The average molecular weight is 240 g/mol. The number of hydrogen-bond acceptors (Lipinski definition) is 3. The first-order valence-corrected chi connectivity index (χ1v) is 6.89. The van der Waals surface area contributed by atoms with Crippen molar-refractivity contribution in [2.45, 2.75) is 50.7 Å². The molecule has 4 nitrogen and oxygen atoms in total. The standard InChI is InChI=1S/C13H24N2O2/c1-14-10-11-6-2-4-8-15(11)13(16)12-7-3-5-9-17-12/h11-12,14H,2-10H2,1H3. The predicted octanol–water partition coefficient (Wildman–Crippen LogP) is 1.16. The highest BCUT2D eigenvalue weighted by atomic mass is 16.5. The molecular formula is C13H24N2O2. The van der Waals surface area contributed by atoms with Crippen LogP contribution in [0.3, 0.4) is 0 Å². The molecule has 1 N–H and O–H groups in total. The van der Waals surface area contributed by atoms with Crippen LogP contribution in [0.2, 0.25) is 0 Å². The number of nitrogens with zero attached hydrogens (tertiary/aromatic N) is 1. The van der Waals surface area contributed by atoms with Gasteiger partial charge in [0.15, 0.2) is 0 Å². The van der Waals surface area contributed by atoms with E-state index in [1.165, 1.54) is 6.42 Å². The second kappa shape index (κ2) is 6.36. The van der Waals surface area contributed by atoms with Gasteiger partial charge in [-0.15, -0.1) is 0 Å². The van der Waals surface area contributed by atoms with Gasteiger partial charge in [0.25, 0.3) is 5.91 Å². The fourth-order valence-electron chi connectivity index (χ4n) is 2.86. The van der Waals surface area contributed by atoms with Crippen LogP contribution in [0.5, 0.6) is 0 Å². The Kier molecular flexibility index (Phi) is 4.80. The summed E-state index contributed by atoms with van der Waals surface area (Å²) in [6.07, 6.45) is 6.47. The number of likely N-dealkylation sites (tertiary alicyclic amines) is 1. The van der Waals surface area contributed by atoms with Gasteiger partial charge in [-0.2, -0.15) is 0 Å². The molecule has 0 aliphatic carbocycles. The summed E-state index contributed by atoms with van der Waals surface area (Å²) in [6, 6.07) is 0.367. The third-order valence-corrected chi connectivity index (χ3v) is 3.81. The van der Waals surface area contributed by atoms with Gasteiger partial charge in [0.2, 0.25) is 0 Å². The molecule has 2 rings (SSSR count). The lowest BCUT2D eigenvalue weighted by molar-refractivity contribution is -0.150. The molecule has 4 heteroatoms. The SMILES string of the molecule is CNCC1CCCCN1C(=O)C1CCCCO1. The lowest BCUT2D eigenvalue weighted by Crippen LogP contribution is -2.52. The minimum absolute atomic E-state index is 0.166. The normalized spacial score (nSPS) is 30.3. The van der Waals surface area contributed by atoms with E-state index >= 15 is 0 Å². The van der Waals surface area contributed by atoms with E-state index in [2.05, 4.69) is 10.2 Å². The van der Waals surface area contributed by atoms with Crippen LogP contribution in [0, 0.1) is 0 Å². The number of nitrogens with one attached hydrogen (secondary N) is 1. The molecule has 17 heavy (non-hydrogen) atoms. The highest BCUT2D eigenvalue weighted by Crippen LogP contribution is 2.21. The first-order chi connectivity index (χ1) is 8.33. The van der Waals surface area contributed by atoms with Crippen LogP contribution < -0.4 is 5.32 Å². The summed E-state index contributed by atoms with van der Waals surface area (Å²) >= 11 is 0. The van der Waals surface area contributed by atoms with Gasteiger partial charge in [-0.05, 0) is 45.6 Å². The first-order valence-electron chi connectivity index (χ1n) is 6.89. The molecule has 2 aliphatic rings. The van der Waals surface area contributed by atoms with Crippen molar-refractivity contribution in [3.63, 3.8) is 0 Å². The molecule has 2 unspecified atom stereocenters. The molecule has 0 radical (unpaired) electrons. The summed E-state index contributed by atoms with van der Waals surface area (Å²) in [6.45, 7) is 2.56. The summed E-state index contributed by atoms with van der Waals surface area (Å²) in [4.78, 5) is 14.5. The maximum absolute atomic E-state index is 12.4. The summed E-state index contributed by atoms with van der Waals surface area (Å²) < 4.78 is 5.61. The van der Waals surface area contributed by atoms with E-state index in [1.54, 1.807) is 0 Å². The van der Waals surface area contributed by atoms with Crippen molar-refractivity contribution in [3.05, 3.63) is 0 Å². The number of ether oxygens (including phenoxy) is 1. The summed E-state index contributed by atoms with van der Waals surface area (Å²) in [5.74, 6) is 0.227. The molecule has 0 aromatic rings. The summed E-state index contributed by atoms with van der Waals surface area (Å²) in [5.41, 5.74) is 0. The Bertz CT molecular complexity index is 250. The number of rotatable bonds is 3. The van der Waals surface area contributed by atoms with Gasteiger partial charge in [-0.3, -0.25) is 4.79 Å². The number of carbonyl (C=O) groups excluding carboxylic acids is 1. The zero-order valence-corrected chi connectivity index (χ0v) is 10.8. The van der Waals surface area contributed by atoms with Crippen molar-refractivity contribution in [2.24, 2.45) is 0 Å². The van der Waals surface area contributed by atoms with E-state index in [9.17, 15) is 4.79 Å². The fourth-order valence-corrected chi connectivity index (χ4v) is 2.86. The quantitative estimate of drug-likeness (QED) is 0.805. The lowest BCUT2D eigenvalue weighted by Gasteiger charge is -2.38. The van der Waals surface area contributed by atoms with E-state index in [0.717, 1.165) is 51.8 Å². The number of amides is 1. The summed E-state index contributed by atoms with van der Waals surface area (Å²) in [7, 11) is 1.95. The zero-order valence-electron chi connectivity index (χ0n) is 10.8. The van der Waals surface area contributed by atoms with E-state index in [1.807, 2.05) is 7.05 Å². The molecule has 2 atom stereocenters. The Morgan fingerprint density at radius 1 is 1.29 bits per heavy atom. The predicted molar refractivity (Wildman–Crippen MR) is 66.9 cm³/mol. The minimum Gasteiger partial charge on any atom is -0.368 e. The minimum atomic E-state index is -0.166. The number of piperidine rings is 1. The molecule has 2 saturated heterocycles. The molecule has 2 fully saturated rings. The largest absolute Gasteiger partial charge is 0.368 e. The fraction of sp³-hybridized carbons (Fsp3) is 0.923. The van der Waals surface area contributed by atoms with Crippen LogP contribution in [-0.4, -0.2) is 49.7 Å². The molecule has 0 aromatic carbocycles. The van der Waals surface area contributed by atoms with Crippen molar-refractivity contribution in [1.29, 1.82) is 0 Å². The first kappa shape index (κ1) is 12.8. The van der Waals surface area contributed by atoms with E-state index in [4.69, 9.17) is 4.74 Å². The maximum atomic E-state index is 12.4. The Labute approximate surface area is 104 Å². The molecule has 0 aromatic heterocycles. The smallest absolute Gasteiger partial charge is 0.251 e. The monoisotopic (exact) mass is 240 g/mol. The Balaban J connectivity index is 1.94. The van der Waals surface area contributed by atoms with E-state index in [0.29, 0.717) is 6.04 Å². The van der Waals surface area contributed by atoms with Gasteiger partial charge in [0, 0.05) is 25.7 Å². The van der Waals surface area contributed by atoms with Crippen molar-refractivity contribution in [1.82, 2.24) is 10.2 Å². The van der Waals surface area contributed by atoms with E-state index in [-0.39, 0.29) is 12.0 Å². The van der Waals surface area contributed by atoms with Crippen molar-refractivity contribution < 1.29 is 9.53 Å². The summed E-state index contributed by atoms with van der Waals surface area (Å²) in [5, 5.41) is 3.19. The Morgan fingerprint density at radius 2 is 2.12 bits per heavy atom. The topological polar surface area (TPSA) is 41.6 Å². The highest BCUT2D eigenvalue weighted by molar-refractivity contribution is 5.81. The lowest BCUT2D eigenvalue weighted by atomic mass is 9.99. The van der Waals surface area contributed by atoms with Gasteiger partial charge >= 0.3 is 0 Å². The van der Waals surface area contributed by atoms with E-state index < -0.39 is 0 Å². The van der Waals surface area contributed by atoms with Crippen LogP contribution in [-0.2, 0) is 9.53 Å². The second-order valence-corrected chi connectivity index (χ2v) is 5.09. The van der Waals surface area contributed by atoms with Gasteiger partial charge in [0.1, 0.15) is 6.10 Å². The molecule has 2 heterocycles. The Morgan fingerprint density at radius 3 is 2.82 bits per heavy atom. The molecule has 1 amide bonds. The van der Waals surface area contributed by atoms with Crippen LogP contribution in [0.15, 0.2) is 0 Å². The van der Waals surface area contributed by atoms with Gasteiger partial charge in [-0.1, -0.05) is 0 Å².